The van der Waals surface area contributed by atoms with Crippen molar-refractivity contribution in [2.75, 3.05) is 0 Å². The number of hydrogen-bond donors (Lipinski definition) is 0. The maximum absolute atomic E-state index is 12.8. The Morgan fingerprint density at radius 3 is 1.94 bits per heavy atom. The summed E-state index contributed by atoms with van der Waals surface area (Å²) in [6.07, 6.45) is 0. The van der Waals surface area contributed by atoms with Crippen molar-refractivity contribution >= 4 is 0 Å². The van der Waals surface area contributed by atoms with E-state index in [1.165, 1.54) is 23.8 Å². The van der Waals surface area contributed by atoms with Crippen LogP contribution in [0.1, 0.15) is 16.7 Å². The Morgan fingerprint density at radius 1 is 0.882 bits per heavy atom. The topological polar surface area (TPSA) is 0 Å². The van der Waals surface area contributed by atoms with Gasteiger partial charge in [0.1, 0.15) is 0 Å². The summed E-state index contributed by atoms with van der Waals surface area (Å²) in [5.74, 6) is -0.157. The molecule has 90 valence electrons. The van der Waals surface area contributed by atoms with Gasteiger partial charge in [-0.25, -0.2) is 0 Å². The molecule has 2 rings (SSSR count). The third-order valence-corrected chi connectivity index (χ3v) is 6.17. The van der Waals surface area contributed by atoms with Gasteiger partial charge < -0.3 is 0 Å². The standard InChI is InChI=1S/C15H15FI/c1-10-8-11(2)15(12(3)9-10)17-14-6-4-13(16)5-7-14/h4-9H,1-3H3/q-1. The third-order valence-electron chi connectivity index (χ3n) is 2.59. The predicted octanol–water partition coefficient (Wildman–Crippen LogP) is 0.879. The van der Waals surface area contributed by atoms with E-state index in [0.717, 1.165) is 0 Å². The molecular formula is C15H15FI-. The first-order valence-corrected chi connectivity index (χ1v) is 7.70. The summed E-state index contributed by atoms with van der Waals surface area (Å²) in [5.41, 5.74) is 4.03. The molecule has 0 nitrogen and oxygen atoms in total. The van der Waals surface area contributed by atoms with E-state index in [2.05, 4.69) is 32.9 Å². The Kier molecular flexibility index (Phi) is 3.82. The molecule has 0 aliphatic rings. The number of rotatable bonds is 2. The first-order chi connectivity index (χ1) is 8.06. The molecule has 0 unspecified atom stereocenters. The Morgan fingerprint density at radius 2 is 1.41 bits per heavy atom. The van der Waals surface area contributed by atoms with Crippen LogP contribution < -0.4 is 21.2 Å². The molecule has 0 saturated carbocycles. The molecule has 0 heterocycles. The van der Waals surface area contributed by atoms with Crippen LogP contribution in [0.5, 0.6) is 0 Å². The normalized spacial score (nSPS) is 10.8. The molecule has 2 aromatic rings. The van der Waals surface area contributed by atoms with Crippen LogP contribution in [0.3, 0.4) is 0 Å². The van der Waals surface area contributed by atoms with Crippen molar-refractivity contribution in [1.29, 1.82) is 0 Å². The van der Waals surface area contributed by atoms with Gasteiger partial charge in [-0.2, -0.15) is 0 Å². The molecule has 0 N–H and O–H groups in total. The fourth-order valence-electron chi connectivity index (χ4n) is 1.91. The zero-order valence-electron chi connectivity index (χ0n) is 10.2. The summed E-state index contributed by atoms with van der Waals surface area (Å²) in [4.78, 5) is 0. The quantitative estimate of drug-likeness (QED) is 0.712. The second-order valence-corrected chi connectivity index (χ2v) is 7.11. The van der Waals surface area contributed by atoms with Crippen LogP contribution in [-0.4, -0.2) is 0 Å². The first-order valence-electron chi connectivity index (χ1n) is 5.54. The zero-order valence-corrected chi connectivity index (χ0v) is 12.4. The molecule has 2 aromatic carbocycles. The van der Waals surface area contributed by atoms with Crippen LogP contribution in [0.15, 0.2) is 36.4 Å². The number of aryl methyl sites for hydroxylation is 3. The minimum atomic E-state index is -0.207. The summed E-state index contributed by atoms with van der Waals surface area (Å²) in [7, 11) is 0. The van der Waals surface area contributed by atoms with Crippen LogP contribution in [0.4, 0.5) is 4.39 Å². The van der Waals surface area contributed by atoms with E-state index in [1.807, 2.05) is 12.1 Å². The predicted molar refractivity (Wildman–Crippen MR) is 64.4 cm³/mol. The molecule has 0 fully saturated rings. The zero-order chi connectivity index (χ0) is 12.4. The van der Waals surface area contributed by atoms with Gasteiger partial charge in [-0.1, -0.05) is 0 Å². The number of benzene rings is 2. The van der Waals surface area contributed by atoms with Crippen LogP contribution in [0.25, 0.3) is 0 Å². The molecule has 0 aliphatic carbocycles. The van der Waals surface area contributed by atoms with E-state index in [9.17, 15) is 4.39 Å². The third kappa shape index (κ3) is 3.06. The van der Waals surface area contributed by atoms with E-state index in [0.29, 0.717) is 0 Å². The van der Waals surface area contributed by atoms with Crippen LogP contribution >= 0.6 is 0 Å². The minimum absolute atomic E-state index is 0.157. The van der Waals surface area contributed by atoms with Gasteiger partial charge in [0.25, 0.3) is 0 Å². The Hall–Kier alpha value is -0.900. The summed E-state index contributed by atoms with van der Waals surface area (Å²) in [6, 6.07) is 11.4. The molecule has 17 heavy (non-hydrogen) atoms. The molecule has 0 aliphatic heterocycles. The maximum atomic E-state index is 12.8. The second kappa shape index (κ2) is 5.17. The summed E-state index contributed by atoms with van der Waals surface area (Å²) < 4.78 is 15.6. The fraction of sp³-hybridized carbons (Fsp3) is 0.200. The molecule has 0 amide bonds. The van der Waals surface area contributed by atoms with Crippen molar-refractivity contribution in [1.82, 2.24) is 0 Å². The molecule has 0 bridgehead atoms. The van der Waals surface area contributed by atoms with Crippen LogP contribution in [0.2, 0.25) is 0 Å². The van der Waals surface area contributed by atoms with Gasteiger partial charge in [-0.05, 0) is 0 Å². The van der Waals surface area contributed by atoms with E-state index in [1.54, 1.807) is 12.1 Å². The molecule has 0 spiro atoms. The van der Waals surface area contributed by atoms with E-state index in [4.69, 9.17) is 0 Å². The van der Waals surface area contributed by atoms with Crippen molar-refractivity contribution in [2.24, 2.45) is 0 Å². The first kappa shape index (κ1) is 12.6. The molecule has 0 saturated heterocycles. The average molecular weight is 341 g/mol. The molecular weight excluding hydrogens is 326 g/mol. The van der Waals surface area contributed by atoms with Gasteiger partial charge >= 0.3 is 112 Å². The molecule has 2 heteroatoms. The summed E-state index contributed by atoms with van der Waals surface area (Å²) in [5, 5.41) is 0. The van der Waals surface area contributed by atoms with Crippen molar-refractivity contribution in [3.63, 3.8) is 0 Å². The van der Waals surface area contributed by atoms with Gasteiger partial charge in [-0.15, -0.1) is 0 Å². The fourth-order valence-corrected chi connectivity index (χ4v) is 4.42. The van der Waals surface area contributed by atoms with Gasteiger partial charge in [0.05, 0.1) is 0 Å². The van der Waals surface area contributed by atoms with Crippen LogP contribution in [-0.2, 0) is 0 Å². The average Bonchev–Trinajstić information content (AvgIpc) is 2.26. The summed E-state index contributed by atoms with van der Waals surface area (Å²) in [6.45, 7) is 6.46. The number of hydrogen-bond acceptors (Lipinski definition) is 0. The van der Waals surface area contributed by atoms with Crippen molar-refractivity contribution in [2.45, 2.75) is 20.8 Å². The van der Waals surface area contributed by atoms with Gasteiger partial charge in [0, 0.05) is 0 Å². The molecule has 0 aromatic heterocycles. The Bertz CT molecular complexity index is 506. The van der Waals surface area contributed by atoms with Crippen molar-refractivity contribution < 1.29 is 25.6 Å². The SMILES string of the molecule is Cc1cc(C)c([I-]c2ccc(F)cc2)c(C)c1. The Balaban J connectivity index is 2.33. The van der Waals surface area contributed by atoms with Crippen molar-refractivity contribution in [3.8, 4) is 0 Å². The van der Waals surface area contributed by atoms with E-state index >= 15 is 0 Å². The van der Waals surface area contributed by atoms with Crippen molar-refractivity contribution in [3.05, 3.63) is 66.0 Å². The summed E-state index contributed by atoms with van der Waals surface area (Å²) >= 11 is -0.207. The second-order valence-electron chi connectivity index (χ2n) is 4.24. The van der Waals surface area contributed by atoms with E-state index in [-0.39, 0.29) is 27.0 Å². The van der Waals surface area contributed by atoms with Gasteiger partial charge in [0.2, 0.25) is 0 Å². The van der Waals surface area contributed by atoms with Gasteiger partial charge in [-0.3, -0.25) is 0 Å². The van der Waals surface area contributed by atoms with E-state index < -0.39 is 0 Å². The van der Waals surface area contributed by atoms with Crippen LogP contribution in [0, 0.1) is 33.7 Å². The molecule has 0 atom stereocenters. The monoisotopic (exact) mass is 341 g/mol. The Labute approximate surface area is 112 Å². The van der Waals surface area contributed by atoms with Gasteiger partial charge in [0.15, 0.2) is 0 Å². The molecule has 0 radical (unpaired) electrons. The number of halogens is 2.